The largest absolute Gasteiger partial charge is 0.316 e. The minimum Gasteiger partial charge on any atom is -0.316 e. The van der Waals surface area contributed by atoms with Crippen LogP contribution >= 0.6 is 0 Å². The molecule has 2 fully saturated rings. The highest BCUT2D eigenvalue weighted by atomic mass is 19.3. The molecule has 2 atom stereocenters. The molecule has 3 heteroatoms. The Hall–Kier alpha value is -0.180. The van der Waals surface area contributed by atoms with Crippen LogP contribution in [0.4, 0.5) is 8.78 Å². The highest BCUT2D eigenvalue weighted by Crippen LogP contribution is 2.59. The molecule has 2 aliphatic rings. The van der Waals surface area contributed by atoms with Gasteiger partial charge in [-0.1, -0.05) is 0 Å². The zero-order valence-corrected chi connectivity index (χ0v) is 5.74. The SMILES string of the molecule is FC(F)[C@]12CCNC[C@@H]1C2. The molecule has 0 unspecified atom stereocenters. The third-order valence-corrected chi connectivity index (χ3v) is 2.87. The fourth-order valence-electron chi connectivity index (χ4n) is 1.96. The molecule has 0 aromatic rings. The number of rotatable bonds is 1. The predicted octanol–water partition coefficient (Wildman–Crippen LogP) is 1.25. The molecule has 2 rings (SSSR count). The molecule has 0 bridgehead atoms. The van der Waals surface area contributed by atoms with Gasteiger partial charge in [-0.2, -0.15) is 0 Å². The number of piperidine rings is 1. The molecule has 0 radical (unpaired) electrons. The quantitative estimate of drug-likeness (QED) is 0.588. The van der Waals surface area contributed by atoms with Gasteiger partial charge in [-0.25, -0.2) is 8.78 Å². The number of halogens is 2. The Kier molecular flexibility index (Phi) is 1.24. The Morgan fingerprint density at radius 2 is 2.30 bits per heavy atom. The van der Waals surface area contributed by atoms with Gasteiger partial charge in [0.2, 0.25) is 6.43 Å². The lowest BCUT2D eigenvalue weighted by Gasteiger charge is -2.21. The Morgan fingerprint density at radius 3 is 2.80 bits per heavy atom. The lowest BCUT2D eigenvalue weighted by atomic mass is 9.97. The van der Waals surface area contributed by atoms with Gasteiger partial charge in [0.25, 0.3) is 0 Å². The van der Waals surface area contributed by atoms with Crippen LogP contribution < -0.4 is 5.32 Å². The van der Waals surface area contributed by atoms with E-state index < -0.39 is 11.8 Å². The lowest BCUT2D eigenvalue weighted by molar-refractivity contribution is 0.0397. The van der Waals surface area contributed by atoms with Gasteiger partial charge in [0.05, 0.1) is 0 Å². The Bertz CT molecular complexity index is 149. The summed E-state index contributed by atoms with van der Waals surface area (Å²) in [6, 6.07) is 0. The van der Waals surface area contributed by atoms with E-state index in [0.29, 0.717) is 6.42 Å². The molecular formula is C7H11F2N. The van der Waals surface area contributed by atoms with Crippen LogP contribution in [-0.2, 0) is 0 Å². The fourth-order valence-corrected chi connectivity index (χ4v) is 1.96. The minimum absolute atomic E-state index is 0.279. The molecular weight excluding hydrogens is 136 g/mol. The number of fused-ring (bicyclic) bond motifs is 1. The molecule has 0 amide bonds. The molecule has 0 aromatic heterocycles. The summed E-state index contributed by atoms with van der Waals surface area (Å²) < 4.78 is 24.6. The number of hydrogen-bond donors (Lipinski definition) is 1. The van der Waals surface area contributed by atoms with E-state index in [0.717, 1.165) is 19.5 Å². The van der Waals surface area contributed by atoms with Crippen molar-refractivity contribution >= 4 is 0 Å². The molecule has 0 spiro atoms. The Morgan fingerprint density at radius 1 is 1.50 bits per heavy atom. The van der Waals surface area contributed by atoms with Crippen molar-refractivity contribution in [1.29, 1.82) is 0 Å². The second-order valence-electron chi connectivity index (χ2n) is 3.39. The highest BCUT2D eigenvalue weighted by Gasteiger charge is 2.60. The van der Waals surface area contributed by atoms with Crippen molar-refractivity contribution in [2.45, 2.75) is 19.3 Å². The summed E-state index contributed by atoms with van der Waals surface area (Å²) in [4.78, 5) is 0. The van der Waals surface area contributed by atoms with Gasteiger partial charge in [-0.05, 0) is 31.8 Å². The Balaban J connectivity index is 2.05. The predicted molar refractivity (Wildman–Crippen MR) is 34.0 cm³/mol. The average Bonchev–Trinajstić information content (AvgIpc) is 2.61. The molecule has 1 heterocycles. The summed E-state index contributed by atoms with van der Waals surface area (Å²) in [7, 11) is 0. The topological polar surface area (TPSA) is 12.0 Å². The van der Waals surface area contributed by atoms with Crippen molar-refractivity contribution in [3.05, 3.63) is 0 Å². The maximum absolute atomic E-state index is 12.3. The summed E-state index contributed by atoms with van der Waals surface area (Å²) >= 11 is 0. The van der Waals surface area contributed by atoms with Crippen LogP contribution in [0, 0.1) is 11.3 Å². The number of alkyl halides is 2. The normalized spacial score (nSPS) is 45.3. The molecule has 1 nitrogen and oxygen atoms in total. The van der Waals surface area contributed by atoms with E-state index in [4.69, 9.17) is 0 Å². The molecule has 1 saturated heterocycles. The van der Waals surface area contributed by atoms with Crippen molar-refractivity contribution in [3.63, 3.8) is 0 Å². The van der Waals surface area contributed by atoms with E-state index in [-0.39, 0.29) is 5.92 Å². The van der Waals surface area contributed by atoms with Gasteiger partial charge in [0.1, 0.15) is 0 Å². The van der Waals surface area contributed by atoms with E-state index in [1.54, 1.807) is 0 Å². The first-order chi connectivity index (χ1) is 4.76. The minimum atomic E-state index is -2.08. The van der Waals surface area contributed by atoms with E-state index in [1.165, 1.54) is 0 Å². The third-order valence-electron chi connectivity index (χ3n) is 2.87. The van der Waals surface area contributed by atoms with Crippen molar-refractivity contribution in [1.82, 2.24) is 5.32 Å². The standard InChI is InChI=1S/C7H11F2N/c8-6(9)7-1-2-10-4-5(7)3-7/h5-6,10H,1-4H2/t5-,7-/m0/s1. The van der Waals surface area contributed by atoms with Gasteiger partial charge in [0, 0.05) is 5.41 Å². The molecule has 58 valence electrons. The van der Waals surface area contributed by atoms with Gasteiger partial charge in [0.15, 0.2) is 0 Å². The number of hydrogen-bond acceptors (Lipinski definition) is 1. The van der Waals surface area contributed by atoms with Crippen molar-refractivity contribution in [2.75, 3.05) is 13.1 Å². The first kappa shape index (κ1) is 6.53. The molecule has 1 saturated carbocycles. The van der Waals surface area contributed by atoms with Crippen molar-refractivity contribution < 1.29 is 8.78 Å². The van der Waals surface area contributed by atoms with Crippen LogP contribution in [0.3, 0.4) is 0 Å². The monoisotopic (exact) mass is 147 g/mol. The molecule has 1 aliphatic carbocycles. The zero-order valence-electron chi connectivity index (χ0n) is 5.74. The van der Waals surface area contributed by atoms with Crippen LogP contribution in [-0.4, -0.2) is 19.5 Å². The summed E-state index contributed by atoms with van der Waals surface area (Å²) in [5, 5.41) is 3.12. The van der Waals surface area contributed by atoms with Gasteiger partial charge in [-0.3, -0.25) is 0 Å². The molecule has 1 aliphatic heterocycles. The maximum atomic E-state index is 12.3. The zero-order chi connectivity index (χ0) is 7.19. The van der Waals surface area contributed by atoms with Crippen LogP contribution in [0.25, 0.3) is 0 Å². The second kappa shape index (κ2) is 1.91. The fraction of sp³-hybridized carbons (Fsp3) is 1.00. The van der Waals surface area contributed by atoms with E-state index >= 15 is 0 Å². The van der Waals surface area contributed by atoms with Crippen molar-refractivity contribution in [2.24, 2.45) is 11.3 Å². The van der Waals surface area contributed by atoms with Crippen LogP contribution in [0.1, 0.15) is 12.8 Å². The van der Waals surface area contributed by atoms with E-state index in [9.17, 15) is 8.78 Å². The molecule has 1 N–H and O–H groups in total. The first-order valence-electron chi connectivity index (χ1n) is 3.74. The van der Waals surface area contributed by atoms with Crippen LogP contribution in [0.15, 0.2) is 0 Å². The smallest absolute Gasteiger partial charge is 0.244 e. The van der Waals surface area contributed by atoms with Crippen molar-refractivity contribution in [3.8, 4) is 0 Å². The summed E-state index contributed by atoms with van der Waals surface area (Å²) in [5.74, 6) is 0.279. The van der Waals surface area contributed by atoms with Gasteiger partial charge in [-0.15, -0.1) is 0 Å². The van der Waals surface area contributed by atoms with Crippen LogP contribution in [0.2, 0.25) is 0 Å². The van der Waals surface area contributed by atoms with E-state index in [2.05, 4.69) is 5.32 Å². The Labute approximate surface area is 58.8 Å². The van der Waals surface area contributed by atoms with Gasteiger partial charge >= 0.3 is 0 Å². The summed E-state index contributed by atoms with van der Waals surface area (Å²) in [6.45, 7) is 1.59. The van der Waals surface area contributed by atoms with Crippen LogP contribution in [0.5, 0.6) is 0 Å². The third kappa shape index (κ3) is 0.698. The summed E-state index contributed by atoms with van der Waals surface area (Å²) in [6.07, 6.45) is -0.660. The molecule has 0 aromatic carbocycles. The highest BCUT2D eigenvalue weighted by molar-refractivity contribution is 5.07. The second-order valence-corrected chi connectivity index (χ2v) is 3.39. The van der Waals surface area contributed by atoms with E-state index in [1.807, 2.05) is 0 Å². The average molecular weight is 147 g/mol. The van der Waals surface area contributed by atoms with Gasteiger partial charge < -0.3 is 5.32 Å². The molecule has 10 heavy (non-hydrogen) atoms. The number of nitrogens with one attached hydrogen (secondary N) is 1. The summed E-state index contributed by atoms with van der Waals surface area (Å²) in [5.41, 5.74) is -0.550. The maximum Gasteiger partial charge on any atom is 0.244 e. The first-order valence-corrected chi connectivity index (χ1v) is 3.74. The lowest BCUT2D eigenvalue weighted by Crippen LogP contribution is -2.32.